The minimum Gasteiger partial charge on any atom is -0.495 e. The summed E-state index contributed by atoms with van der Waals surface area (Å²) < 4.78 is 16.9. The lowest BCUT2D eigenvalue weighted by Gasteiger charge is -2.25. The highest BCUT2D eigenvalue weighted by molar-refractivity contribution is 9.10. The van der Waals surface area contributed by atoms with Crippen LogP contribution in [0.4, 0.5) is 0 Å². The molecule has 1 atom stereocenters. The van der Waals surface area contributed by atoms with E-state index in [0.717, 1.165) is 25.9 Å². The number of ether oxygens (including phenoxy) is 3. The zero-order valence-electron chi connectivity index (χ0n) is 17.0. The molecule has 0 spiro atoms. The van der Waals surface area contributed by atoms with Gasteiger partial charge in [-0.3, -0.25) is 9.69 Å². The first-order valence-electron chi connectivity index (χ1n) is 9.63. The number of hydrogen-bond acceptors (Lipinski definition) is 5. The first-order valence-corrected chi connectivity index (χ1v) is 10.4. The first-order chi connectivity index (χ1) is 14.1. The summed E-state index contributed by atoms with van der Waals surface area (Å²) >= 11 is 3.45. The van der Waals surface area contributed by atoms with Gasteiger partial charge in [-0.2, -0.15) is 0 Å². The number of methoxy groups -OCH3 is 3. The lowest BCUT2D eigenvalue weighted by atomic mass is 10.1. The Bertz CT molecular complexity index is 844. The van der Waals surface area contributed by atoms with E-state index in [1.165, 1.54) is 19.8 Å². The summed E-state index contributed by atoms with van der Waals surface area (Å²) in [6.45, 7) is 2.48. The van der Waals surface area contributed by atoms with Crippen LogP contribution in [0.5, 0.6) is 17.2 Å². The first kappa shape index (κ1) is 21.5. The van der Waals surface area contributed by atoms with E-state index in [9.17, 15) is 4.79 Å². The van der Waals surface area contributed by atoms with Crippen LogP contribution in [-0.4, -0.2) is 51.3 Å². The summed E-state index contributed by atoms with van der Waals surface area (Å²) in [5.41, 5.74) is 1.61. The molecule has 1 aliphatic heterocycles. The van der Waals surface area contributed by atoms with Crippen LogP contribution in [0.1, 0.15) is 28.8 Å². The molecule has 1 N–H and O–H groups in total. The number of rotatable bonds is 8. The van der Waals surface area contributed by atoms with E-state index < -0.39 is 0 Å². The normalized spacial score (nSPS) is 16.5. The molecule has 0 aromatic heterocycles. The number of carbonyl (C=O) groups excluding carboxylic acids is 1. The summed E-state index contributed by atoms with van der Waals surface area (Å²) in [6.07, 6.45) is 2.19. The second kappa shape index (κ2) is 9.98. The minimum atomic E-state index is -0.245. The molecule has 29 heavy (non-hydrogen) atoms. The standard InChI is InChI=1S/C22H27BrN2O4/c1-27-18-12-17(23)20(28-2)19(21(18)29-3)22(26)24-13-16-10-7-11-25(16)14-15-8-5-4-6-9-15/h4-6,8-9,12,16H,7,10-11,13-14H2,1-3H3,(H,24,26)/t16-/m1/s1. The molecule has 0 saturated carbocycles. The molecule has 1 amide bonds. The van der Waals surface area contributed by atoms with Crippen molar-refractivity contribution in [2.45, 2.75) is 25.4 Å². The van der Waals surface area contributed by atoms with Gasteiger partial charge in [0.05, 0.1) is 25.8 Å². The van der Waals surface area contributed by atoms with E-state index in [1.54, 1.807) is 13.2 Å². The van der Waals surface area contributed by atoms with E-state index in [-0.39, 0.29) is 5.91 Å². The molecule has 1 aliphatic rings. The van der Waals surface area contributed by atoms with Crippen LogP contribution >= 0.6 is 15.9 Å². The van der Waals surface area contributed by atoms with Crippen LogP contribution in [0.15, 0.2) is 40.9 Å². The molecular weight excluding hydrogens is 436 g/mol. The van der Waals surface area contributed by atoms with Crippen molar-refractivity contribution in [3.8, 4) is 17.2 Å². The minimum absolute atomic E-state index is 0.245. The Morgan fingerprint density at radius 2 is 1.86 bits per heavy atom. The molecule has 0 radical (unpaired) electrons. The zero-order valence-corrected chi connectivity index (χ0v) is 18.6. The second-order valence-corrected chi connectivity index (χ2v) is 7.82. The van der Waals surface area contributed by atoms with E-state index in [4.69, 9.17) is 14.2 Å². The summed E-state index contributed by atoms with van der Waals surface area (Å²) in [4.78, 5) is 15.5. The smallest absolute Gasteiger partial charge is 0.259 e. The van der Waals surface area contributed by atoms with Gasteiger partial charge in [-0.15, -0.1) is 0 Å². The molecule has 2 aromatic rings. The SMILES string of the molecule is COc1cc(Br)c(OC)c(C(=O)NC[C@H]2CCCN2Cc2ccccc2)c1OC. The van der Waals surface area contributed by atoms with Gasteiger partial charge in [-0.1, -0.05) is 30.3 Å². The molecule has 156 valence electrons. The largest absolute Gasteiger partial charge is 0.495 e. The van der Waals surface area contributed by atoms with Gasteiger partial charge in [0.25, 0.3) is 5.91 Å². The fourth-order valence-electron chi connectivity index (χ4n) is 3.80. The monoisotopic (exact) mass is 462 g/mol. The third kappa shape index (κ3) is 4.85. The Balaban J connectivity index is 1.74. The van der Waals surface area contributed by atoms with Gasteiger partial charge in [0, 0.05) is 25.2 Å². The molecular formula is C22H27BrN2O4. The Hall–Kier alpha value is -2.25. The number of carbonyl (C=O) groups is 1. The van der Waals surface area contributed by atoms with E-state index >= 15 is 0 Å². The number of nitrogens with zero attached hydrogens (tertiary/aromatic N) is 1. The van der Waals surface area contributed by atoms with Crippen molar-refractivity contribution in [1.82, 2.24) is 10.2 Å². The fourth-order valence-corrected chi connectivity index (χ4v) is 4.37. The van der Waals surface area contributed by atoms with Crippen molar-refractivity contribution in [2.75, 3.05) is 34.4 Å². The number of nitrogens with one attached hydrogen (secondary N) is 1. The Labute approximate surface area is 180 Å². The van der Waals surface area contributed by atoms with E-state index in [1.807, 2.05) is 6.07 Å². The average Bonchev–Trinajstić information content (AvgIpc) is 3.18. The van der Waals surface area contributed by atoms with Crippen LogP contribution in [0.3, 0.4) is 0 Å². The topological polar surface area (TPSA) is 60.0 Å². The summed E-state index contributed by atoms with van der Waals surface area (Å²) in [5.74, 6) is 1.01. The predicted octanol–water partition coefficient (Wildman–Crippen LogP) is 3.87. The van der Waals surface area contributed by atoms with Gasteiger partial charge in [-0.05, 0) is 40.9 Å². The van der Waals surface area contributed by atoms with Gasteiger partial charge >= 0.3 is 0 Å². The van der Waals surface area contributed by atoms with Crippen LogP contribution in [-0.2, 0) is 6.54 Å². The molecule has 0 bridgehead atoms. The second-order valence-electron chi connectivity index (χ2n) is 6.96. The molecule has 1 fully saturated rings. The number of benzene rings is 2. The molecule has 7 heteroatoms. The van der Waals surface area contributed by atoms with Crippen molar-refractivity contribution in [2.24, 2.45) is 0 Å². The molecule has 3 rings (SSSR count). The van der Waals surface area contributed by atoms with Gasteiger partial charge in [0.1, 0.15) is 11.3 Å². The molecule has 0 unspecified atom stereocenters. The lowest BCUT2D eigenvalue weighted by molar-refractivity contribution is 0.0932. The highest BCUT2D eigenvalue weighted by atomic mass is 79.9. The third-order valence-corrected chi connectivity index (χ3v) is 5.82. The fraction of sp³-hybridized carbons (Fsp3) is 0.409. The maximum Gasteiger partial charge on any atom is 0.259 e. The summed E-state index contributed by atoms with van der Waals surface area (Å²) in [5, 5.41) is 3.07. The number of likely N-dealkylation sites (tertiary alicyclic amines) is 1. The van der Waals surface area contributed by atoms with Crippen LogP contribution in [0.25, 0.3) is 0 Å². The van der Waals surface area contributed by atoms with Crippen molar-refractivity contribution in [1.29, 1.82) is 0 Å². The predicted molar refractivity (Wildman–Crippen MR) is 116 cm³/mol. The van der Waals surface area contributed by atoms with Crippen molar-refractivity contribution in [3.63, 3.8) is 0 Å². The molecule has 2 aromatic carbocycles. The summed E-state index contributed by atoms with van der Waals surface area (Å²) in [6, 6.07) is 12.4. The lowest BCUT2D eigenvalue weighted by Crippen LogP contribution is -2.40. The molecule has 1 saturated heterocycles. The quantitative estimate of drug-likeness (QED) is 0.644. The van der Waals surface area contributed by atoms with Crippen molar-refractivity contribution in [3.05, 3.63) is 52.0 Å². The average molecular weight is 463 g/mol. The van der Waals surface area contributed by atoms with E-state index in [0.29, 0.717) is 39.9 Å². The van der Waals surface area contributed by atoms with Crippen LogP contribution < -0.4 is 19.5 Å². The van der Waals surface area contributed by atoms with E-state index in [2.05, 4.69) is 50.4 Å². The third-order valence-electron chi connectivity index (χ3n) is 5.23. The maximum atomic E-state index is 13.1. The Kier molecular flexibility index (Phi) is 7.39. The highest BCUT2D eigenvalue weighted by Crippen LogP contribution is 2.42. The van der Waals surface area contributed by atoms with Gasteiger partial charge in [0.2, 0.25) is 0 Å². The highest BCUT2D eigenvalue weighted by Gasteiger charge is 2.28. The summed E-state index contributed by atoms with van der Waals surface area (Å²) in [7, 11) is 4.58. The van der Waals surface area contributed by atoms with Crippen LogP contribution in [0.2, 0.25) is 0 Å². The Morgan fingerprint density at radius 3 is 2.52 bits per heavy atom. The van der Waals surface area contributed by atoms with Crippen molar-refractivity contribution < 1.29 is 19.0 Å². The van der Waals surface area contributed by atoms with Gasteiger partial charge < -0.3 is 19.5 Å². The van der Waals surface area contributed by atoms with Crippen molar-refractivity contribution >= 4 is 21.8 Å². The number of amides is 1. The van der Waals surface area contributed by atoms with Gasteiger partial charge in [0.15, 0.2) is 11.5 Å². The number of hydrogen-bond donors (Lipinski definition) is 1. The van der Waals surface area contributed by atoms with Crippen LogP contribution in [0, 0.1) is 0 Å². The molecule has 6 nitrogen and oxygen atoms in total. The maximum absolute atomic E-state index is 13.1. The number of halogens is 1. The van der Waals surface area contributed by atoms with Gasteiger partial charge in [-0.25, -0.2) is 0 Å². The zero-order chi connectivity index (χ0) is 20.8. The molecule has 1 heterocycles. The molecule has 0 aliphatic carbocycles. The Morgan fingerprint density at radius 1 is 1.14 bits per heavy atom.